The number of anilines is 2. The van der Waals surface area contributed by atoms with Gasteiger partial charge in [-0.3, -0.25) is 14.8 Å². The lowest BCUT2D eigenvalue weighted by Gasteiger charge is -2.15. The van der Waals surface area contributed by atoms with Gasteiger partial charge in [-0.05, 0) is 37.3 Å². The van der Waals surface area contributed by atoms with Crippen molar-refractivity contribution in [3.05, 3.63) is 70.9 Å². The van der Waals surface area contributed by atoms with Crippen LogP contribution in [0, 0.1) is 5.82 Å². The molecule has 0 saturated heterocycles. The number of nitrogens with zero attached hydrogens (tertiary/aromatic N) is 2. The highest BCUT2D eigenvalue weighted by Gasteiger charge is 2.15. The maximum absolute atomic E-state index is 14.3. The number of benzene rings is 1. The van der Waals surface area contributed by atoms with Gasteiger partial charge in [-0.15, -0.1) is 0 Å². The lowest BCUT2D eigenvalue weighted by Crippen LogP contribution is -2.31. The topological polar surface area (TPSA) is 107 Å². The Kier molecular flexibility index (Phi) is 6.94. The first kappa shape index (κ1) is 21.6. The molecule has 2 aromatic heterocycles. The molecule has 0 radical (unpaired) electrons. The molecule has 4 N–H and O–H groups in total. The van der Waals surface area contributed by atoms with Gasteiger partial charge in [0.2, 0.25) is 0 Å². The summed E-state index contributed by atoms with van der Waals surface area (Å²) in [4.78, 5) is 20.6. The molecular weight excluding hydrogens is 411 g/mol. The minimum atomic E-state index is -0.696. The predicted octanol–water partition coefficient (Wildman–Crippen LogP) is 3.28. The molecule has 3 aromatic rings. The highest BCUT2D eigenvalue weighted by molar-refractivity contribution is 6.30. The van der Waals surface area contributed by atoms with Gasteiger partial charge in [-0.2, -0.15) is 0 Å². The Labute approximate surface area is 177 Å². The molecule has 7 nitrogen and oxygen atoms in total. The monoisotopic (exact) mass is 430 g/mol. The van der Waals surface area contributed by atoms with E-state index < -0.39 is 17.8 Å². The fourth-order valence-electron chi connectivity index (χ4n) is 2.73. The molecule has 1 aromatic carbocycles. The number of nitrogens with one attached hydrogen (secondary N) is 2. The van der Waals surface area contributed by atoms with Gasteiger partial charge < -0.3 is 20.8 Å². The summed E-state index contributed by atoms with van der Waals surface area (Å²) in [5.74, 6) is -0.913. The van der Waals surface area contributed by atoms with Crippen LogP contribution in [0.1, 0.15) is 22.8 Å². The molecule has 3 rings (SSSR count). The number of amides is 1. The molecule has 0 saturated carbocycles. The predicted molar refractivity (Wildman–Crippen MR) is 112 cm³/mol. The summed E-state index contributed by atoms with van der Waals surface area (Å²) in [5, 5.41) is 25.1. The van der Waals surface area contributed by atoms with Gasteiger partial charge in [-0.1, -0.05) is 11.6 Å². The third kappa shape index (κ3) is 5.10. The zero-order valence-corrected chi connectivity index (χ0v) is 16.8. The molecule has 1 atom stereocenters. The molecule has 0 aliphatic rings. The van der Waals surface area contributed by atoms with E-state index in [9.17, 15) is 19.4 Å². The van der Waals surface area contributed by atoms with Crippen LogP contribution >= 0.6 is 11.6 Å². The molecule has 0 fully saturated rings. The van der Waals surface area contributed by atoms with Crippen molar-refractivity contribution in [1.29, 1.82) is 0 Å². The molecule has 0 aliphatic carbocycles. The summed E-state index contributed by atoms with van der Waals surface area (Å²) in [6, 6.07) is 7.32. The molecule has 0 spiro atoms. The normalized spacial score (nSPS) is 11.8. The fraction of sp³-hybridized carbons (Fsp3) is 0.190. The minimum absolute atomic E-state index is 0.0858. The molecule has 0 aliphatic heterocycles. The van der Waals surface area contributed by atoms with Gasteiger partial charge in [-0.25, -0.2) is 4.39 Å². The molecule has 2 heterocycles. The number of aliphatic hydroxyl groups is 2. The van der Waals surface area contributed by atoms with Crippen molar-refractivity contribution >= 4 is 28.9 Å². The Balaban J connectivity index is 1.97. The number of hydrogen-bond acceptors (Lipinski definition) is 6. The molecule has 9 heteroatoms. The maximum Gasteiger partial charge on any atom is 0.255 e. The van der Waals surface area contributed by atoms with Crippen molar-refractivity contribution in [3.8, 4) is 11.3 Å². The second-order valence-corrected chi connectivity index (χ2v) is 7.05. The molecular formula is C21H20ClFN4O3. The summed E-state index contributed by atoms with van der Waals surface area (Å²) in [6.45, 7) is 1.33. The van der Waals surface area contributed by atoms with E-state index in [0.717, 1.165) is 0 Å². The average molecular weight is 431 g/mol. The van der Waals surface area contributed by atoms with E-state index in [-0.39, 0.29) is 24.3 Å². The van der Waals surface area contributed by atoms with Crippen LogP contribution in [-0.4, -0.2) is 38.7 Å². The number of pyridine rings is 2. The lowest BCUT2D eigenvalue weighted by molar-refractivity contribution is 0.0924. The molecule has 30 heavy (non-hydrogen) atoms. The quantitative estimate of drug-likeness (QED) is 0.458. The number of rotatable bonds is 7. The minimum Gasteiger partial charge on any atom is -0.392 e. The zero-order chi connectivity index (χ0) is 21.7. The Morgan fingerprint density at radius 2 is 2.03 bits per heavy atom. The van der Waals surface area contributed by atoms with Crippen molar-refractivity contribution in [3.63, 3.8) is 0 Å². The Bertz CT molecular complexity index is 1060. The summed E-state index contributed by atoms with van der Waals surface area (Å²) >= 11 is 5.98. The van der Waals surface area contributed by atoms with Crippen LogP contribution in [-0.2, 0) is 6.61 Å². The molecule has 1 amide bonds. The van der Waals surface area contributed by atoms with Gasteiger partial charge in [0.15, 0.2) is 0 Å². The zero-order valence-electron chi connectivity index (χ0n) is 16.1. The summed E-state index contributed by atoms with van der Waals surface area (Å²) in [5.41, 5.74) is 2.08. The third-order valence-electron chi connectivity index (χ3n) is 4.25. The van der Waals surface area contributed by atoms with Crippen molar-refractivity contribution < 1.29 is 19.4 Å². The van der Waals surface area contributed by atoms with Crippen LogP contribution in [0.3, 0.4) is 0 Å². The van der Waals surface area contributed by atoms with E-state index in [1.165, 1.54) is 36.8 Å². The Hall–Kier alpha value is -3.07. The van der Waals surface area contributed by atoms with Gasteiger partial charge in [0.1, 0.15) is 5.82 Å². The number of hydrogen-bond donors (Lipinski definition) is 4. The van der Waals surface area contributed by atoms with Crippen molar-refractivity contribution in [2.45, 2.75) is 19.6 Å². The number of aromatic nitrogens is 2. The van der Waals surface area contributed by atoms with Crippen LogP contribution < -0.4 is 10.6 Å². The van der Waals surface area contributed by atoms with Gasteiger partial charge in [0, 0.05) is 47.0 Å². The lowest BCUT2D eigenvalue weighted by atomic mass is 10.1. The Morgan fingerprint density at radius 1 is 1.23 bits per heavy atom. The number of aliphatic hydroxyl groups excluding tert-OH is 2. The number of carbonyl (C=O) groups is 1. The second kappa shape index (κ2) is 9.62. The van der Waals surface area contributed by atoms with Gasteiger partial charge >= 0.3 is 0 Å². The van der Waals surface area contributed by atoms with Crippen LogP contribution in [0.5, 0.6) is 0 Å². The summed E-state index contributed by atoms with van der Waals surface area (Å²) < 4.78 is 14.3. The van der Waals surface area contributed by atoms with Crippen molar-refractivity contribution in [2.75, 3.05) is 11.9 Å². The SMILES string of the molecule is CC(O)CNC(=O)c1cnccc1Nc1cc(-c2cc(Cl)ccc2F)ncc1CO. The maximum atomic E-state index is 14.3. The number of halogens is 2. The van der Waals surface area contributed by atoms with Crippen LogP contribution in [0.2, 0.25) is 5.02 Å². The molecule has 156 valence electrons. The highest BCUT2D eigenvalue weighted by Crippen LogP contribution is 2.30. The highest BCUT2D eigenvalue weighted by atomic mass is 35.5. The van der Waals surface area contributed by atoms with Crippen LogP contribution in [0.15, 0.2) is 48.9 Å². The van der Waals surface area contributed by atoms with Crippen LogP contribution in [0.25, 0.3) is 11.3 Å². The third-order valence-corrected chi connectivity index (χ3v) is 4.49. The first-order valence-corrected chi connectivity index (χ1v) is 9.49. The number of carbonyl (C=O) groups excluding carboxylic acids is 1. The van der Waals surface area contributed by atoms with Crippen molar-refractivity contribution in [2.24, 2.45) is 0 Å². The van der Waals surface area contributed by atoms with E-state index in [1.54, 1.807) is 19.1 Å². The average Bonchev–Trinajstić information content (AvgIpc) is 2.74. The van der Waals surface area contributed by atoms with E-state index in [1.807, 2.05) is 0 Å². The van der Waals surface area contributed by atoms with Gasteiger partial charge in [0.25, 0.3) is 5.91 Å². The van der Waals surface area contributed by atoms with E-state index in [4.69, 9.17) is 11.6 Å². The molecule has 1 unspecified atom stereocenters. The first-order chi connectivity index (χ1) is 14.4. The fourth-order valence-corrected chi connectivity index (χ4v) is 2.90. The second-order valence-electron chi connectivity index (χ2n) is 6.61. The smallest absolute Gasteiger partial charge is 0.255 e. The Morgan fingerprint density at radius 3 is 2.77 bits per heavy atom. The summed E-state index contributed by atoms with van der Waals surface area (Å²) in [6.07, 6.45) is 3.62. The standard InChI is InChI=1S/C21H20ClFN4O3/c1-12(29)8-26-21(30)16-10-24-5-4-18(16)27-19-7-20(25-9-13(19)11-28)15-6-14(22)2-3-17(15)23/h2-7,9-10,12,28-29H,8,11H2,1H3,(H,26,30)(H,24,25,27). The van der Waals surface area contributed by atoms with Crippen LogP contribution in [0.4, 0.5) is 15.8 Å². The van der Waals surface area contributed by atoms with E-state index >= 15 is 0 Å². The largest absolute Gasteiger partial charge is 0.392 e. The molecule has 0 bridgehead atoms. The van der Waals surface area contributed by atoms with E-state index in [0.29, 0.717) is 27.7 Å². The van der Waals surface area contributed by atoms with E-state index in [2.05, 4.69) is 20.6 Å². The first-order valence-electron chi connectivity index (χ1n) is 9.11. The van der Waals surface area contributed by atoms with Crippen molar-refractivity contribution in [1.82, 2.24) is 15.3 Å². The van der Waals surface area contributed by atoms with Gasteiger partial charge in [0.05, 0.1) is 29.7 Å². The summed E-state index contributed by atoms with van der Waals surface area (Å²) in [7, 11) is 0.